The highest BCUT2D eigenvalue weighted by atomic mass is 16.5. The fourth-order valence-corrected chi connectivity index (χ4v) is 1.85. The van der Waals surface area contributed by atoms with Gasteiger partial charge < -0.3 is 14.6 Å². The number of carbonyl (C=O) groups excluding carboxylic acids is 2. The maximum atomic E-state index is 11.7. The number of phenols is 1. The summed E-state index contributed by atoms with van der Waals surface area (Å²) in [5.41, 5.74) is 1.01. The topological polar surface area (TPSA) is 72.8 Å². The van der Waals surface area contributed by atoms with E-state index >= 15 is 0 Å². The Morgan fingerprint density at radius 1 is 1.32 bits per heavy atom. The minimum Gasteiger partial charge on any atom is -0.504 e. The molecule has 0 radical (unpaired) electrons. The third-order valence-corrected chi connectivity index (χ3v) is 2.85. The molecule has 1 aromatic carbocycles. The summed E-state index contributed by atoms with van der Waals surface area (Å²) < 4.78 is 10.0. The number of allylic oxidation sites excluding steroid dienone is 1. The van der Waals surface area contributed by atoms with Crippen LogP contribution < -0.4 is 4.74 Å². The number of hydrogen-bond acceptors (Lipinski definition) is 5. The molecule has 0 amide bonds. The van der Waals surface area contributed by atoms with Gasteiger partial charge in [-0.2, -0.15) is 0 Å². The van der Waals surface area contributed by atoms with E-state index in [4.69, 9.17) is 4.74 Å². The summed E-state index contributed by atoms with van der Waals surface area (Å²) in [6, 6.07) is 4.28. The molecule has 0 heterocycles. The van der Waals surface area contributed by atoms with E-state index in [1.807, 2.05) is 13.8 Å². The van der Waals surface area contributed by atoms with Crippen molar-refractivity contribution >= 4 is 11.8 Å². The van der Waals surface area contributed by atoms with Crippen molar-refractivity contribution in [3.8, 4) is 11.5 Å². The minimum absolute atomic E-state index is 0.0568. The van der Waals surface area contributed by atoms with E-state index < -0.39 is 5.97 Å². The van der Waals surface area contributed by atoms with Crippen LogP contribution in [-0.4, -0.2) is 30.6 Å². The van der Waals surface area contributed by atoms with E-state index in [1.54, 1.807) is 13.0 Å². The summed E-state index contributed by atoms with van der Waals surface area (Å²) in [5.74, 6) is -0.0631. The predicted octanol–water partition coefficient (Wildman–Crippen LogP) is 3.12. The number of carbonyl (C=O) groups is 2. The van der Waals surface area contributed by atoms with Gasteiger partial charge in [0.15, 0.2) is 17.3 Å². The molecule has 1 rings (SSSR count). The second-order valence-corrected chi connectivity index (χ2v) is 5.52. The van der Waals surface area contributed by atoms with Crippen molar-refractivity contribution in [2.45, 2.75) is 27.2 Å². The Morgan fingerprint density at radius 2 is 2.00 bits per heavy atom. The first kappa shape index (κ1) is 17.8. The Balaban J connectivity index is 2.66. The van der Waals surface area contributed by atoms with Gasteiger partial charge in [0.2, 0.25) is 0 Å². The van der Waals surface area contributed by atoms with E-state index in [1.165, 1.54) is 25.3 Å². The number of ether oxygens (including phenoxy) is 2. The van der Waals surface area contributed by atoms with Crippen LogP contribution in [0.2, 0.25) is 0 Å². The van der Waals surface area contributed by atoms with Gasteiger partial charge in [0.05, 0.1) is 12.7 Å². The van der Waals surface area contributed by atoms with Crippen LogP contribution in [0.25, 0.3) is 0 Å². The van der Waals surface area contributed by atoms with E-state index in [2.05, 4.69) is 4.74 Å². The number of methoxy groups -OCH3 is 1. The smallest absolute Gasteiger partial charge is 0.337 e. The zero-order valence-electron chi connectivity index (χ0n) is 13.4. The van der Waals surface area contributed by atoms with Crippen LogP contribution in [0.5, 0.6) is 11.5 Å². The summed E-state index contributed by atoms with van der Waals surface area (Å²) in [6.07, 6.45) is 2.05. The first-order valence-corrected chi connectivity index (χ1v) is 7.07. The van der Waals surface area contributed by atoms with Gasteiger partial charge in [-0.15, -0.1) is 0 Å². The molecule has 0 spiro atoms. The van der Waals surface area contributed by atoms with Crippen molar-refractivity contribution in [2.24, 2.45) is 5.92 Å². The second kappa shape index (κ2) is 8.22. The fourth-order valence-electron chi connectivity index (χ4n) is 1.85. The van der Waals surface area contributed by atoms with Crippen molar-refractivity contribution in [2.75, 3.05) is 13.7 Å². The molecule has 0 aliphatic rings. The van der Waals surface area contributed by atoms with Gasteiger partial charge in [-0.05, 0) is 42.7 Å². The Morgan fingerprint density at radius 3 is 2.55 bits per heavy atom. The highest BCUT2D eigenvalue weighted by Gasteiger charge is 2.10. The molecule has 1 aromatic rings. The molecule has 0 atom stereocenters. The zero-order chi connectivity index (χ0) is 16.7. The van der Waals surface area contributed by atoms with Crippen LogP contribution >= 0.6 is 0 Å². The van der Waals surface area contributed by atoms with Crippen LogP contribution in [0, 0.1) is 5.92 Å². The van der Waals surface area contributed by atoms with Gasteiger partial charge in [0.1, 0.15) is 6.61 Å². The molecule has 1 N–H and O–H groups in total. The zero-order valence-corrected chi connectivity index (χ0v) is 13.4. The molecule has 0 saturated heterocycles. The van der Waals surface area contributed by atoms with E-state index in [-0.39, 0.29) is 29.5 Å². The van der Waals surface area contributed by atoms with Gasteiger partial charge in [-0.25, -0.2) is 4.79 Å². The number of esters is 1. The van der Waals surface area contributed by atoms with Crippen molar-refractivity contribution in [3.05, 3.63) is 35.4 Å². The molecule has 120 valence electrons. The monoisotopic (exact) mass is 306 g/mol. The van der Waals surface area contributed by atoms with Crippen LogP contribution in [-0.2, 0) is 9.53 Å². The van der Waals surface area contributed by atoms with Crippen LogP contribution in [0.1, 0.15) is 37.6 Å². The van der Waals surface area contributed by atoms with E-state index in [0.717, 1.165) is 5.57 Å². The molecule has 22 heavy (non-hydrogen) atoms. The van der Waals surface area contributed by atoms with E-state index in [9.17, 15) is 14.7 Å². The largest absolute Gasteiger partial charge is 0.504 e. The van der Waals surface area contributed by atoms with Crippen molar-refractivity contribution in [1.82, 2.24) is 0 Å². The summed E-state index contributed by atoms with van der Waals surface area (Å²) in [7, 11) is 1.27. The van der Waals surface area contributed by atoms with Crippen LogP contribution in [0.3, 0.4) is 0 Å². The van der Waals surface area contributed by atoms with Crippen LogP contribution in [0.4, 0.5) is 0 Å². The first-order valence-electron chi connectivity index (χ1n) is 7.07. The Hall–Kier alpha value is -2.30. The molecule has 0 aliphatic carbocycles. The molecule has 0 bridgehead atoms. The van der Waals surface area contributed by atoms with Crippen molar-refractivity contribution in [1.29, 1.82) is 0 Å². The Kier molecular flexibility index (Phi) is 6.63. The predicted molar refractivity (Wildman–Crippen MR) is 83.2 cm³/mol. The molecule has 0 saturated carbocycles. The maximum Gasteiger partial charge on any atom is 0.337 e. The Bertz CT molecular complexity index is 572. The van der Waals surface area contributed by atoms with Gasteiger partial charge >= 0.3 is 5.97 Å². The average molecular weight is 306 g/mol. The number of phenolic OH excluding ortho intramolecular Hbond substituents is 1. The Labute approximate surface area is 130 Å². The summed E-state index contributed by atoms with van der Waals surface area (Å²) in [6.45, 7) is 5.95. The number of hydrogen-bond donors (Lipinski definition) is 1. The lowest BCUT2D eigenvalue weighted by Gasteiger charge is -2.09. The first-order chi connectivity index (χ1) is 10.3. The molecule has 0 fully saturated rings. The number of rotatable bonds is 7. The lowest BCUT2D eigenvalue weighted by molar-refractivity contribution is -0.115. The SMILES string of the molecule is COC(=O)c1ccc(OC/C(C)=C\C(=O)CC(C)C)c(O)c1. The molecule has 0 unspecified atom stereocenters. The standard InChI is InChI=1S/C17H22O5/c1-11(2)7-14(18)8-12(3)10-22-16-6-5-13(9-15(16)19)17(20)21-4/h5-6,8-9,11,19H,7,10H2,1-4H3/b12-8-. The van der Waals surface area contributed by atoms with Gasteiger partial charge in [0, 0.05) is 6.42 Å². The number of aromatic hydroxyl groups is 1. The number of ketones is 1. The lowest BCUT2D eigenvalue weighted by Crippen LogP contribution is -2.05. The van der Waals surface area contributed by atoms with Crippen LogP contribution in [0.15, 0.2) is 29.8 Å². The van der Waals surface area contributed by atoms with E-state index in [0.29, 0.717) is 12.3 Å². The quantitative estimate of drug-likeness (QED) is 0.619. The second-order valence-electron chi connectivity index (χ2n) is 5.52. The molecule has 0 aliphatic heterocycles. The fraction of sp³-hybridized carbons (Fsp3) is 0.412. The molecular weight excluding hydrogens is 284 g/mol. The molecule has 0 aromatic heterocycles. The third kappa shape index (κ3) is 5.60. The molecule has 5 nitrogen and oxygen atoms in total. The summed E-state index contributed by atoms with van der Waals surface area (Å²) in [4.78, 5) is 23.0. The normalized spacial score (nSPS) is 11.4. The van der Waals surface area contributed by atoms with Gasteiger partial charge in [0.25, 0.3) is 0 Å². The summed E-state index contributed by atoms with van der Waals surface area (Å²) >= 11 is 0. The highest BCUT2D eigenvalue weighted by molar-refractivity contribution is 5.90. The highest BCUT2D eigenvalue weighted by Crippen LogP contribution is 2.27. The lowest BCUT2D eigenvalue weighted by atomic mass is 10.1. The third-order valence-electron chi connectivity index (χ3n) is 2.85. The number of benzene rings is 1. The maximum absolute atomic E-state index is 11.7. The van der Waals surface area contributed by atoms with Gasteiger partial charge in [-0.3, -0.25) is 4.79 Å². The average Bonchev–Trinajstić information content (AvgIpc) is 2.44. The molecule has 5 heteroatoms. The van der Waals surface area contributed by atoms with Gasteiger partial charge in [-0.1, -0.05) is 13.8 Å². The molecular formula is C17H22O5. The van der Waals surface area contributed by atoms with Crippen molar-refractivity contribution < 1.29 is 24.2 Å². The summed E-state index contributed by atoms with van der Waals surface area (Å²) in [5, 5.41) is 9.83. The minimum atomic E-state index is -0.530. The van der Waals surface area contributed by atoms with Crippen molar-refractivity contribution in [3.63, 3.8) is 0 Å².